The summed E-state index contributed by atoms with van der Waals surface area (Å²) in [7, 11) is 0. The summed E-state index contributed by atoms with van der Waals surface area (Å²) in [6.07, 6.45) is 2.67. The Bertz CT molecular complexity index is 501. The van der Waals surface area contributed by atoms with E-state index in [1.54, 1.807) is 18.2 Å². The Hall–Kier alpha value is -1.60. The van der Waals surface area contributed by atoms with Crippen LogP contribution in [0.25, 0.3) is 0 Å². The zero-order valence-electron chi connectivity index (χ0n) is 10.8. The van der Waals surface area contributed by atoms with Crippen molar-refractivity contribution in [3.05, 3.63) is 34.4 Å². The number of carbonyl (C=O) groups is 1. The van der Waals surface area contributed by atoms with Gasteiger partial charge in [0.2, 0.25) is 0 Å². The van der Waals surface area contributed by atoms with Crippen molar-refractivity contribution in [2.45, 2.75) is 36.6 Å². The zero-order chi connectivity index (χ0) is 14.5. The van der Waals surface area contributed by atoms with Crippen molar-refractivity contribution in [2.75, 3.05) is 0 Å². The highest BCUT2D eigenvalue weighted by atomic mass is 32.2. The number of carbonyl (C=O) groups excluding carboxylic acids is 1. The topological polar surface area (TPSA) is 95.3 Å². The molecule has 0 atom stereocenters. The summed E-state index contributed by atoms with van der Waals surface area (Å²) in [6.45, 7) is 0. The number of para-hydroxylation sites is 1. The second-order valence-electron chi connectivity index (χ2n) is 4.81. The maximum Gasteiger partial charge on any atom is 0.284 e. The van der Waals surface area contributed by atoms with Crippen LogP contribution in [0.2, 0.25) is 0 Å². The SMILES string of the molecule is O=C([O-])C1CCC(NSc2ccccc2[N+](=O)[O-])CC1. The molecule has 1 N–H and O–H groups in total. The summed E-state index contributed by atoms with van der Waals surface area (Å²) in [5.41, 5.74) is 0.0772. The lowest BCUT2D eigenvalue weighted by Gasteiger charge is -2.29. The van der Waals surface area contributed by atoms with Crippen molar-refractivity contribution in [3.8, 4) is 0 Å². The molecule has 1 aliphatic carbocycles. The first-order valence-electron chi connectivity index (χ1n) is 6.44. The van der Waals surface area contributed by atoms with Crippen LogP contribution in [0.5, 0.6) is 0 Å². The second kappa shape index (κ2) is 6.71. The lowest BCUT2D eigenvalue weighted by molar-refractivity contribution is -0.387. The van der Waals surface area contributed by atoms with Crippen LogP contribution in [0, 0.1) is 16.0 Å². The number of hydrogen-bond donors (Lipinski definition) is 1. The minimum Gasteiger partial charge on any atom is -0.550 e. The maximum atomic E-state index is 10.9. The van der Waals surface area contributed by atoms with Crippen LogP contribution in [0.15, 0.2) is 29.2 Å². The van der Waals surface area contributed by atoms with E-state index in [2.05, 4.69) is 4.72 Å². The van der Waals surface area contributed by atoms with E-state index in [9.17, 15) is 20.0 Å². The molecule has 0 saturated heterocycles. The Morgan fingerprint density at radius 1 is 1.25 bits per heavy atom. The van der Waals surface area contributed by atoms with E-state index in [4.69, 9.17) is 0 Å². The van der Waals surface area contributed by atoms with Crippen molar-refractivity contribution in [1.82, 2.24) is 4.72 Å². The summed E-state index contributed by atoms with van der Waals surface area (Å²) in [4.78, 5) is 21.8. The Kier molecular flexibility index (Phi) is 4.97. The highest BCUT2D eigenvalue weighted by Crippen LogP contribution is 2.30. The highest BCUT2D eigenvalue weighted by Gasteiger charge is 2.22. The van der Waals surface area contributed by atoms with E-state index in [0.717, 1.165) is 12.8 Å². The molecule has 1 aromatic carbocycles. The average Bonchev–Trinajstić information content (AvgIpc) is 2.45. The minimum absolute atomic E-state index is 0.0772. The van der Waals surface area contributed by atoms with Gasteiger partial charge in [-0.25, -0.2) is 0 Å². The number of rotatable bonds is 5. The number of benzene rings is 1. The fraction of sp³-hybridized carbons (Fsp3) is 0.462. The molecule has 1 fully saturated rings. The summed E-state index contributed by atoms with van der Waals surface area (Å²) in [5, 5.41) is 21.6. The molecule has 0 amide bonds. The van der Waals surface area contributed by atoms with Crippen molar-refractivity contribution in [3.63, 3.8) is 0 Å². The fourth-order valence-electron chi connectivity index (χ4n) is 2.29. The molecule has 1 aliphatic rings. The van der Waals surface area contributed by atoms with Gasteiger partial charge in [-0.3, -0.25) is 14.8 Å². The molecule has 7 heteroatoms. The van der Waals surface area contributed by atoms with E-state index in [0.29, 0.717) is 17.7 Å². The number of nitro benzene ring substituents is 1. The molecule has 0 aromatic heterocycles. The predicted molar refractivity (Wildman–Crippen MR) is 72.8 cm³/mol. The van der Waals surface area contributed by atoms with Crippen LogP contribution in [0.3, 0.4) is 0 Å². The standard InChI is InChI=1S/C13H16N2O4S/c16-13(17)9-5-7-10(8-6-9)14-20-12-4-2-1-3-11(12)15(18)19/h1-4,9-10,14H,5-8H2,(H,16,17)/p-1. The first-order chi connectivity index (χ1) is 9.58. The normalized spacial score (nSPS) is 22.4. The highest BCUT2D eigenvalue weighted by molar-refractivity contribution is 7.97. The smallest absolute Gasteiger partial charge is 0.284 e. The van der Waals surface area contributed by atoms with E-state index in [1.165, 1.54) is 18.0 Å². The molecule has 0 unspecified atom stereocenters. The van der Waals surface area contributed by atoms with Crippen LogP contribution in [-0.2, 0) is 4.79 Å². The quantitative estimate of drug-likeness (QED) is 0.502. The molecular weight excluding hydrogens is 280 g/mol. The number of carboxylic acids is 1. The molecule has 2 rings (SSSR count). The Labute approximate surface area is 120 Å². The van der Waals surface area contributed by atoms with Crippen LogP contribution in [0.1, 0.15) is 25.7 Å². The lowest BCUT2D eigenvalue weighted by atomic mass is 9.87. The number of aliphatic carboxylic acids is 1. The van der Waals surface area contributed by atoms with Gasteiger partial charge in [0.25, 0.3) is 5.69 Å². The summed E-state index contributed by atoms with van der Waals surface area (Å²) >= 11 is 1.24. The number of nitrogens with one attached hydrogen (secondary N) is 1. The predicted octanol–water partition coefficient (Wildman–Crippen LogP) is 1.50. The van der Waals surface area contributed by atoms with Gasteiger partial charge < -0.3 is 9.90 Å². The Morgan fingerprint density at radius 3 is 2.50 bits per heavy atom. The van der Waals surface area contributed by atoms with Crippen LogP contribution in [0.4, 0.5) is 5.69 Å². The van der Waals surface area contributed by atoms with Crippen molar-refractivity contribution < 1.29 is 14.8 Å². The van der Waals surface area contributed by atoms with Crippen LogP contribution >= 0.6 is 11.9 Å². The van der Waals surface area contributed by atoms with Gasteiger partial charge in [0, 0.05) is 18.1 Å². The van der Waals surface area contributed by atoms with Gasteiger partial charge in [0.1, 0.15) is 4.90 Å². The van der Waals surface area contributed by atoms with E-state index >= 15 is 0 Å². The lowest BCUT2D eigenvalue weighted by Crippen LogP contribution is -2.37. The molecule has 0 spiro atoms. The maximum absolute atomic E-state index is 10.9. The molecule has 0 aliphatic heterocycles. The Balaban J connectivity index is 1.88. The van der Waals surface area contributed by atoms with Gasteiger partial charge in [-0.15, -0.1) is 0 Å². The molecule has 0 radical (unpaired) electrons. The van der Waals surface area contributed by atoms with E-state index in [1.807, 2.05) is 0 Å². The third kappa shape index (κ3) is 3.71. The van der Waals surface area contributed by atoms with Gasteiger partial charge in [-0.05, 0) is 49.6 Å². The van der Waals surface area contributed by atoms with Crippen molar-refractivity contribution >= 4 is 23.6 Å². The number of nitrogens with zero attached hydrogens (tertiary/aromatic N) is 1. The van der Waals surface area contributed by atoms with E-state index < -0.39 is 10.9 Å². The van der Waals surface area contributed by atoms with Gasteiger partial charge in [-0.1, -0.05) is 12.1 Å². The number of nitro groups is 1. The third-order valence-electron chi connectivity index (χ3n) is 3.46. The number of hydrogen-bond acceptors (Lipinski definition) is 6. The van der Waals surface area contributed by atoms with E-state index in [-0.39, 0.29) is 17.6 Å². The molecule has 0 bridgehead atoms. The van der Waals surface area contributed by atoms with Crippen molar-refractivity contribution in [1.29, 1.82) is 0 Å². The molecule has 20 heavy (non-hydrogen) atoms. The average molecular weight is 295 g/mol. The summed E-state index contributed by atoms with van der Waals surface area (Å²) < 4.78 is 3.19. The van der Waals surface area contributed by atoms with Crippen molar-refractivity contribution in [2.24, 2.45) is 5.92 Å². The first-order valence-corrected chi connectivity index (χ1v) is 7.26. The Morgan fingerprint density at radius 2 is 1.90 bits per heavy atom. The molecule has 6 nitrogen and oxygen atoms in total. The summed E-state index contributed by atoms with van der Waals surface area (Å²) in [5.74, 6) is -1.33. The monoisotopic (exact) mass is 295 g/mol. The minimum atomic E-state index is -0.977. The van der Waals surface area contributed by atoms with Gasteiger partial charge in [0.05, 0.1) is 4.92 Å². The first kappa shape index (κ1) is 14.8. The fourth-order valence-corrected chi connectivity index (χ4v) is 3.21. The second-order valence-corrected chi connectivity index (χ2v) is 5.69. The van der Waals surface area contributed by atoms with Crippen LogP contribution in [-0.4, -0.2) is 16.9 Å². The molecule has 0 heterocycles. The molecule has 108 valence electrons. The summed E-state index contributed by atoms with van der Waals surface area (Å²) in [6, 6.07) is 6.73. The molecular formula is C13H15N2O4S-. The zero-order valence-corrected chi connectivity index (χ0v) is 11.6. The largest absolute Gasteiger partial charge is 0.550 e. The van der Waals surface area contributed by atoms with Gasteiger partial charge in [-0.2, -0.15) is 0 Å². The molecule has 1 saturated carbocycles. The van der Waals surface area contributed by atoms with Crippen LogP contribution < -0.4 is 9.83 Å². The third-order valence-corrected chi connectivity index (χ3v) is 4.47. The number of carboxylic acid groups (broad SMARTS) is 1. The van der Waals surface area contributed by atoms with Gasteiger partial charge >= 0.3 is 0 Å². The van der Waals surface area contributed by atoms with Gasteiger partial charge in [0.15, 0.2) is 0 Å². The molecule has 1 aromatic rings.